The molecule has 1 aromatic carbocycles. The van der Waals surface area contributed by atoms with Crippen molar-refractivity contribution in [2.45, 2.75) is 29.8 Å². The molecule has 0 amide bonds. The highest BCUT2D eigenvalue weighted by atomic mass is 32.2. The Morgan fingerprint density at radius 2 is 1.75 bits per heavy atom. The molecule has 2 atom stereocenters. The number of methoxy groups -OCH3 is 1. The zero-order valence-corrected chi connectivity index (χ0v) is 12.6. The van der Waals surface area contributed by atoms with E-state index in [0.717, 1.165) is 19.4 Å². The van der Waals surface area contributed by atoms with Crippen LogP contribution in [0.4, 0.5) is 0 Å². The molecule has 0 unspecified atom stereocenters. The molecule has 2 aliphatic rings. The van der Waals surface area contributed by atoms with E-state index in [9.17, 15) is 8.42 Å². The lowest BCUT2D eigenvalue weighted by atomic mass is 10.1. The van der Waals surface area contributed by atoms with E-state index in [1.807, 2.05) is 0 Å². The minimum absolute atomic E-state index is 0.132. The van der Waals surface area contributed by atoms with Crippen LogP contribution in [0.5, 0.6) is 5.75 Å². The predicted molar refractivity (Wildman–Crippen MR) is 76.3 cm³/mol. The second kappa shape index (κ2) is 5.02. The molecule has 3 rings (SSSR count). The van der Waals surface area contributed by atoms with Crippen LogP contribution in [0.25, 0.3) is 0 Å². The van der Waals surface area contributed by atoms with Crippen molar-refractivity contribution < 1.29 is 13.2 Å². The molecule has 0 saturated carbocycles. The van der Waals surface area contributed by atoms with E-state index < -0.39 is 10.0 Å². The summed E-state index contributed by atoms with van der Waals surface area (Å²) >= 11 is 0. The first-order valence-electron chi connectivity index (χ1n) is 6.90. The minimum Gasteiger partial charge on any atom is -0.497 e. The minimum atomic E-state index is -3.39. The summed E-state index contributed by atoms with van der Waals surface area (Å²) in [5.41, 5.74) is 0. The summed E-state index contributed by atoms with van der Waals surface area (Å²) in [5, 5.41) is 0. The number of likely N-dealkylation sites (tertiary alicyclic amines) is 1. The fraction of sp³-hybridized carbons (Fsp3) is 0.571. The van der Waals surface area contributed by atoms with Crippen LogP contribution in [0.15, 0.2) is 29.2 Å². The van der Waals surface area contributed by atoms with Crippen LogP contribution >= 0.6 is 0 Å². The molecule has 20 heavy (non-hydrogen) atoms. The summed E-state index contributed by atoms with van der Waals surface area (Å²) in [6.45, 7) is 1.60. The lowest BCUT2D eigenvalue weighted by Gasteiger charge is -2.23. The van der Waals surface area contributed by atoms with Gasteiger partial charge in [0, 0.05) is 18.6 Å². The molecule has 2 fully saturated rings. The highest BCUT2D eigenvalue weighted by Crippen LogP contribution is 2.34. The molecule has 0 aromatic heterocycles. The van der Waals surface area contributed by atoms with Crippen molar-refractivity contribution in [2.24, 2.45) is 0 Å². The molecule has 0 radical (unpaired) electrons. The summed E-state index contributed by atoms with van der Waals surface area (Å²) in [7, 11) is 0.260. The molecular formula is C14H20N2O3S. The van der Waals surface area contributed by atoms with Gasteiger partial charge in [-0.1, -0.05) is 0 Å². The number of fused-ring (bicyclic) bond motifs is 1. The van der Waals surface area contributed by atoms with Gasteiger partial charge in [-0.15, -0.1) is 0 Å². The van der Waals surface area contributed by atoms with E-state index in [4.69, 9.17) is 4.74 Å². The molecule has 0 spiro atoms. The van der Waals surface area contributed by atoms with E-state index >= 15 is 0 Å². The molecule has 5 nitrogen and oxygen atoms in total. The summed E-state index contributed by atoms with van der Waals surface area (Å²) in [4.78, 5) is 2.63. The van der Waals surface area contributed by atoms with Gasteiger partial charge in [0.2, 0.25) is 10.0 Å². The second-order valence-corrected chi connectivity index (χ2v) is 7.37. The van der Waals surface area contributed by atoms with Gasteiger partial charge in [0.15, 0.2) is 0 Å². The van der Waals surface area contributed by atoms with Crippen molar-refractivity contribution in [2.75, 3.05) is 27.2 Å². The molecule has 0 aliphatic carbocycles. The van der Waals surface area contributed by atoms with Gasteiger partial charge in [-0.2, -0.15) is 4.31 Å². The highest BCUT2D eigenvalue weighted by molar-refractivity contribution is 7.89. The average Bonchev–Trinajstić information content (AvgIpc) is 3.02. The van der Waals surface area contributed by atoms with Crippen LogP contribution in [0.1, 0.15) is 12.8 Å². The number of likely N-dealkylation sites (N-methyl/N-ethyl adjacent to an activating group) is 1. The van der Waals surface area contributed by atoms with E-state index in [1.54, 1.807) is 35.7 Å². The van der Waals surface area contributed by atoms with Crippen molar-refractivity contribution in [3.8, 4) is 5.75 Å². The van der Waals surface area contributed by atoms with Gasteiger partial charge in [0.05, 0.1) is 12.0 Å². The molecular weight excluding hydrogens is 276 g/mol. The second-order valence-electron chi connectivity index (χ2n) is 5.48. The van der Waals surface area contributed by atoms with Gasteiger partial charge in [0.25, 0.3) is 0 Å². The summed E-state index contributed by atoms with van der Waals surface area (Å²) in [6, 6.07) is 7.15. The number of benzene rings is 1. The Balaban J connectivity index is 1.88. The molecule has 2 aliphatic heterocycles. The Morgan fingerprint density at radius 1 is 1.10 bits per heavy atom. The summed E-state index contributed by atoms with van der Waals surface area (Å²) in [6.07, 6.45) is 1.85. The average molecular weight is 296 g/mol. The fourth-order valence-electron chi connectivity index (χ4n) is 3.34. The smallest absolute Gasteiger partial charge is 0.243 e. The normalized spacial score (nSPS) is 27.7. The maximum atomic E-state index is 12.7. The predicted octanol–water partition coefficient (Wildman–Crippen LogP) is 1.16. The fourth-order valence-corrected chi connectivity index (χ4v) is 5.04. The molecule has 6 heteroatoms. The number of hydrogen-bond acceptors (Lipinski definition) is 4. The third-order valence-electron chi connectivity index (χ3n) is 4.47. The Kier molecular flexibility index (Phi) is 3.48. The van der Waals surface area contributed by atoms with Gasteiger partial charge < -0.3 is 9.64 Å². The SMILES string of the molecule is COc1ccc(S(=O)(=O)N2CC[C@H]3[C@H]2CCN3C)cc1. The number of nitrogens with zero attached hydrogens (tertiary/aromatic N) is 2. The third kappa shape index (κ3) is 2.12. The molecule has 1 aromatic rings. The van der Waals surface area contributed by atoms with Crippen LogP contribution in [0.3, 0.4) is 0 Å². The Hall–Kier alpha value is -1.11. The van der Waals surface area contributed by atoms with Crippen LogP contribution in [0.2, 0.25) is 0 Å². The molecule has 110 valence electrons. The van der Waals surface area contributed by atoms with E-state index in [0.29, 0.717) is 23.2 Å². The lowest BCUT2D eigenvalue weighted by Crippen LogP contribution is -2.38. The zero-order chi connectivity index (χ0) is 14.3. The van der Waals surface area contributed by atoms with Gasteiger partial charge in [-0.25, -0.2) is 8.42 Å². The molecule has 2 heterocycles. The van der Waals surface area contributed by atoms with Crippen LogP contribution in [0, 0.1) is 0 Å². The van der Waals surface area contributed by atoms with Crippen LogP contribution < -0.4 is 4.74 Å². The highest BCUT2D eigenvalue weighted by Gasteiger charge is 2.46. The quantitative estimate of drug-likeness (QED) is 0.840. The Morgan fingerprint density at radius 3 is 2.40 bits per heavy atom. The Labute approximate surface area is 120 Å². The lowest BCUT2D eigenvalue weighted by molar-refractivity contribution is 0.300. The molecule has 2 saturated heterocycles. The molecule has 0 N–H and O–H groups in total. The van der Waals surface area contributed by atoms with Crippen LogP contribution in [-0.4, -0.2) is 57.0 Å². The van der Waals surface area contributed by atoms with Gasteiger partial charge in [-0.05, 0) is 50.7 Å². The first-order valence-corrected chi connectivity index (χ1v) is 8.34. The van der Waals surface area contributed by atoms with E-state index in [1.165, 1.54) is 0 Å². The third-order valence-corrected chi connectivity index (χ3v) is 6.41. The topological polar surface area (TPSA) is 49.9 Å². The maximum Gasteiger partial charge on any atom is 0.243 e. The maximum absolute atomic E-state index is 12.7. The van der Waals surface area contributed by atoms with E-state index in [-0.39, 0.29) is 6.04 Å². The van der Waals surface area contributed by atoms with Crippen molar-refractivity contribution in [1.29, 1.82) is 0 Å². The monoisotopic (exact) mass is 296 g/mol. The van der Waals surface area contributed by atoms with Gasteiger partial charge in [-0.3, -0.25) is 0 Å². The first kappa shape index (κ1) is 13.9. The van der Waals surface area contributed by atoms with Gasteiger partial charge >= 0.3 is 0 Å². The summed E-state index contributed by atoms with van der Waals surface area (Å²) < 4.78 is 32.3. The van der Waals surface area contributed by atoms with Crippen molar-refractivity contribution in [3.63, 3.8) is 0 Å². The Bertz CT molecular complexity index is 585. The van der Waals surface area contributed by atoms with E-state index in [2.05, 4.69) is 11.9 Å². The number of sulfonamides is 1. The molecule has 0 bridgehead atoms. The largest absolute Gasteiger partial charge is 0.497 e. The zero-order valence-electron chi connectivity index (χ0n) is 11.8. The van der Waals surface area contributed by atoms with Crippen molar-refractivity contribution >= 4 is 10.0 Å². The van der Waals surface area contributed by atoms with Crippen molar-refractivity contribution in [3.05, 3.63) is 24.3 Å². The van der Waals surface area contributed by atoms with Gasteiger partial charge in [0.1, 0.15) is 5.75 Å². The van der Waals surface area contributed by atoms with Crippen LogP contribution in [-0.2, 0) is 10.0 Å². The number of hydrogen-bond donors (Lipinski definition) is 0. The first-order chi connectivity index (χ1) is 9.54. The summed E-state index contributed by atoms with van der Waals surface area (Å²) in [5.74, 6) is 0.670. The van der Waals surface area contributed by atoms with Crippen molar-refractivity contribution in [1.82, 2.24) is 9.21 Å². The number of rotatable bonds is 3. The number of ether oxygens (including phenoxy) is 1. The standard InChI is InChI=1S/C14H20N2O3S/c1-15-9-7-14-13(15)8-10-16(14)20(17,18)12-5-3-11(19-2)4-6-12/h3-6,13-14H,7-10H2,1-2H3/t13-,14+/m0/s1.